The van der Waals surface area contributed by atoms with E-state index in [0.29, 0.717) is 18.7 Å². The van der Waals surface area contributed by atoms with Crippen molar-refractivity contribution in [2.45, 2.75) is 37.2 Å². The van der Waals surface area contributed by atoms with E-state index in [4.69, 9.17) is 4.42 Å². The van der Waals surface area contributed by atoms with Gasteiger partial charge < -0.3 is 9.73 Å². The number of anilines is 1. The molecule has 1 amide bonds. The number of nitrogens with zero attached hydrogens (tertiary/aromatic N) is 2. The normalized spacial score (nSPS) is 18.4. The molecule has 1 aromatic heterocycles. The van der Waals surface area contributed by atoms with Gasteiger partial charge in [0, 0.05) is 12.1 Å². The van der Waals surface area contributed by atoms with Crippen LogP contribution in [0.25, 0.3) is 0 Å². The third-order valence-electron chi connectivity index (χ3n) is 5.29. The van der Waals surface area contributed by atoms with Crippen LogP contribution in [0.4, 0.5) is 5.69 Å². The van der Waals surface area contributed by atoms with E-state index in [0.717, 1.165) is 22.4 Å². The van der Waals surface area contributed by atoms with Crippen molar-refractivity contribution in [2.24, 2.45) is 5.92 Å². The van der Waals surface area contributed by atoms with Gasteiger partial charge in [0.1, 0.15) is 5.25 Å². The van der Waals surface area contributed by atoms with Crippen LogP contribution >= 0.6 is 11.8 Å². The van der Waals surface area contributed by atoms with Crippen LogP contribution in [0.3, 0.4) is 0 Å². The Hall–Kier alpha value is -2.65. The SMILES string of the molecule is Cc1cc(C)cc(NC(=O)C(Sc2nnc(CC3CCS(=O)(=O)C3)o2)c2ccccc2)c1. The van der Waals surface area contributed by atoms with Crippen molar-refractivity contribution in [1.29, 1.82) is 0 Å². The van der Waals surface area contributed by atoms with Crippen LogP contribution in [0.2, 0.25) is 0 Å². The minimum Gasteiger partial charge on any atom is -0.416 e. The van der Waals surface area contributed by atoms with Crippen LogP contribution in [0.5, 0.6) is 0 Å². The summed E-state index contributed by atoms with van der Waals surface area (Å²) < 4.78 is 29.2. The average molecular weight is 472 g/mol. The molecule has 3 aromatic rings. The quantitative estimate of drug-likeness (QED) is 0.517. The highest BCUT2D eigenvalue weighted by atomic mass is 32.2. The highest BCUT2D eigenvalue weighted by Crippen LogP contribution is 2.36. The maximum Gasteiger partial charge on any atom is 0.277 e. The van der Waals surface area contributed by atoms with Crippen molar-refractivity contribution in [2.75, 3.05) is 16.8 Å². The molecule has 1 N–H and O–H groups in total. The van der Waals surface area contributed by atoms with Crippen molar-refractivity contribution >= 4 is 33.2 Å². The summed E-state index contributed by atoms with van der Waals surface area (Å²) in [5, 5.41) is 10.9. The van der Waals surface area contributed by atoms with Crippen LogP contribution in [-0.2, 0) is 21.1 Å². The Morgan fingerprint density at radius 2 is 1.88 bits per heavy atom. The molecule has 32 heavy (non-hydrogen) atoms. The summed E-state index contributed by atoms with van der Waals surface area (Å²) in [5.41, 5.74) is 3.70. The summed E-state index contributed by atoms with van der Waals surface area (Å²) in [6, 6.07) is 15.3. The predicted molar refractivity (Wildman–Crippen MR) is 124 cm³/mol. The smallest absolute Gasteiger partial charge is 0.277 e. The van der Waals surface area contributed by atoms with E-state index in [2.05, 4.69) is 21.6 Å². The predicted octanol–water partition coefficient (Wildman–Crippen LogP) is 4.14. The Bertz CT molecular complexity index is 1190. The summed E-state index contributed by atoms with van der Waals surface area (Å²) in [6.07, 6.45) is 1.04. The van der Waals surface area contributed by atoms with Crippen LogP contribution in [0.15, 0.2) is 58.2 Å². The molecule has 2 heterocycles. The standard InChI is InChI=1S/C23H25N3O4S2/c1-15-10-16(2)12-19(11-15)24-22(27)21(18-6-4-3-5-7-18)31-23-26-25-20(30-23)13-17-8-9-32(28,29)14-17/h3-7,10-12,17,21H,8-9,13-14H2,1-2H3,(H,24,27). The molecule has 0 radical (unpaired) electrons. The van der Waals surface area contributed by atoms with Gasteiger partial charge in [-0.1, -0.05) is 36.4 Å². The summed E-state index contributed by atoms with van der Waals surface area (Å²) in [5.74, 6) is 0.574. The summed E-state index contributed by atoms with van der Waals surface area (Å²) in [7, 11) is -2.96. The maximum atomic E-state index is 13.2. The number of benzene rings is 2. The highest BCUT2D eigenvalue weighted by molar-refractivity contribution is 8.00. The zero-order valence-corrected chi connectivity index (χ0v) is 19.6. The van der Waals surface area contributed by atoms with Gasteiger partial charge in [0.2, 0.25) is 11.8 Å². The van der Waals surface area contributed by atoms with E-state index in [9.17, 15) is 13.2 Å². The first-order chi connectivity index (χ1) is 15.3. The molecule has 2 aromatic carbocycles. The van der Waals surface area contributed by atoms with E-state index >= 15 is 0 Å². The zero-order chi connectivity index (χ0) is 22.7. The summed E-state index contributed by atoms with van der Waals surface area (Å²) in [4.78, 5) is 13.2. The summed E-state index contributed by atoms with van der Waals surface area (Å²) >= 11 is 1.19. The third kappa shape index (κ3) is 5.77. The molecule has 9 heteroatoms. The van der Waals surface area contributed by atoms with E-state index in [1.54, 1.807) is 0 Å². The maximum absolute atomic E-state index is 13.2. The van der Waals surface area contributed by atoms with Gasteiger partial charge in [0.15, 0.2) is 9.84 Å². The molecular formula is C23H25N3O4S2. The van der Waals surface area contributed by atoms with E-state index in [1.807, 2.05) is 56.3 Å². The first-order valence-electron chi connectivity index (χ1n) is 10.4. The van der Waals surface area contributed by atoms with Crippen LogP contribution < -0.4 is 5.32 Å². The van der Waals surface area contributed by atoms with Gasteiger partial charge in [-0.2, -0.15) is 0 Å². The lowest BCUT2D eigenvalue weighted by molar-refractivity contribution is -0.115. The molecule has 0 spiro atoms. The second-order valence-electron chi connectivity index (χ2n) is 8.21. The topological polar surface area (TPSA) is 102 Å². The van der Waals surface area contributed by atoms with E-state index in [1.165, 1.54) is 11.8 Å². The Morgan fingerprint density at radius 3 is 2.53 bits per heavy atom. The monoisotopic (exact) mass is 471 g/mol. The number of aromatic nitrogens is 2. The van der Waals surface area contributed by atoms with Gasteiger partial charge in [-0.25, -0.2) is 8.42 Å². The lowest BCUT2D eigenvalue weighted by atomic mass is 10.1. The molecule has 2 atom stereocenters. The number of nitrogens with one attached hydrogen (secondary N) is 1. The Balaban J connectivity index is 1.50. The Labute approximate surface area is 191 Å². The first kappa shape index (κ1) is 22.5. The first-order valence-corrected chi connectivity index (χ1v) is 13.1. The van der Waals surface area contributed by atoms with Crippen molar-refractivity contribution in [3.05, 3.63) is 71.1 Å². The van der Waals surface area contributed by atoms with Crippen LogP contribution in [0, 0.1) is 19.8 Å². The Kier molecular flexibility index (Phi) is 6.66. The number of aryl methyl sites for hydroxylation is 2. The number of carbonyl (C=O) groups excluding carboxylic acids is 1. The average Bonchev–Trinajstić information content (AvgIpc) is 3.31. The largest absolute Gasteiger partial charge is 0.416 e. The molecule has 1 aliphatic rings. The molecule has 2 unspecified atom stereocenters. The van der Waals surface area contributed by atoms with Gasteiger partial charge in [-0.15, -0.1) is 10.2 Å². The van der Waals surface area contributed by atoms with Crippen molar-refractivity contribution in [3.8, 4) is 0 Å². The zero-order valence-electron chi connectivity index (χ0n) is 17.9. The number of rotatable bonds is 7. The molecular weight excluding hydrogens is 446 g/mol. The minimum atomic E-state index is -2.96. The van der Waals surface area contributed by atoms with E-state index < -0.39 is 15.1 Å². The molecule has 168 valence electrons. The highest BCUT2D eigenvalue weighted by Gasteiger charge is 2.30. The minimum absolute atomic E-state index is 0.00363. The van der Waals surface area contributed by atoms with Gasteiger partial charge in [-0.05, 0) is 66.8 Å². The van der Waals surface area contributed by atoms with Crippen molar-refractivity contribution in [1.82, 2.24) is 10.2 Å². The fourth-order valence-electron chi connectivity index (χ4n) is 3.90. The van der Waals surface area contributed by atoms with Crippen LogP contribution in [0.1, 0.15) is 34.3 Å². The molecule has 0 saturated carbocycles. The second-order valence-corrected chi connectivity index (χ2v) is 11.5. The molecule has 1 aliphatic heterocycles. The molecule has 0 aliphatic carbocycles. The summed E-state index contributed by atoms with van der Waals surface area (Å²) in [6.45, 7) is 3.98. The van der Waals surface area contributed by atoms with Gasteiger partial charge in [-0.3, -0.25) is 4.79 Å². The number of thioether (sulfide) groups is 1. The van der Waals surface area contributed by atoms with E-state index in [-0.39, 0.29) is 28.6 Å². The molecule has 1 saturated heterocycles. The van der Waals surface area contributed by atoms with Gasteiger partial charge in [0.05, 0.1) is 11.5 Å². The number of amides is 1. The number of sulfone groups is 1. The molecule has 0 bridgehead atoms. The lowest BCUT2D eigenvalue weighted by Gasteiger charge is -2.16. The van der Waals surface area contributed by atoms with Gasteiger partial charge in [0.25, 0.3) is 5.22 Å². The lowest BCUT2D eigenvalue weighted by Crippen LogP contribution is -2.19. The van der Waals surface area contributed by atoms with Gasteiger partial charge >= 0.3 is 0 Å². The van der Waals surface area contributed by atoms with Crippen molar-refractivity contribution in [3.63, 3.8) is 0 Å². The molecule has 1 fully saturated rings. The second kappa shape index (κ2) is 9.46. The third-order valence-corrected chi connectivity index (χ3v) is 8.21. The Morgan fingerprint density at radius 1 is 1.16 bits per heavy atom. The van der Waals surface area contributed by atoms with Crippen LogP contribution in [-0.4, -0.2) is 36.0 Å². The molecule has 4 rings (SSSR count). The fourth-order valence-corrected chi connectivity index (χ4v) is 6.66. The number of hydrogen-bond acceptors (Lipinski definition) is 7. The molecule has 7 nitrogen and oxygen atoms in total. The van der Waals surface area contributed by atoms with Crippen molar-refractivity contribution < 1.29 is 17.6 Å². The number of hydrogen-bond donors (Lipinski definition) is 1. The fraction of sp³-hybridized carbons (Fsp3) is 0.348. The number of carbonyl (C=O) groups is 1.